The molecule has 0 atom stereocenters. The second kappa shape index (κ2) is 5.98. The largest absolute Gasteiger partial charge is 0.355 e. The van der Waals surface area contributed by atoms with Gasteiger partial charge >= 0.3 is 0 Å². The highest BCUT2D eigenvalue weighted by molar-refractivity contribution is 7.09. The molecule has 96 valence electrons. The van der Waals surface area contributed by atoms with E-state index in [4.69, 9.17) is 0 Å². The van der Waals surface area contributed by atoms with Crippen LogP contribution in [0.25, 0.3) is 0 Å². The minimum absolute atomic E-state index is 0.878. The molecule has 0 fully saturated rings. The maximum Gasteiger partial charge on any atom is 0.129 e. The fourth-order valence-electron chi connectivity index (χ4n) is 1.94. The predicted octanol–water partition coefficient (Wildman–Crippen LogP) is 2.81. The first-order valence-electron chi connectivity index (χ1n) is 6.04. The summed E-state index contributed by atoms with van der Waals surface area (Å²) < 4.78 is 0. The highest BCUT2D eigenvalue weighted by atomic mass is 32.1. The number of nitrogens with zero attached hydrogens (tertiary/aromatic N) is 2. The van der Waals surface area contributed by atoms with E-state index in [9.17, 15) is 0 Å². The van der Waals surface area contributed by atoms with E-state index in [1.807, 2.05) is 14.0 Å². The van der Waals surface area contributed by atoms with Crippen LogP contribution >= 0.6 is 11.3 Å². The Bertz CT molecular complexity index is 494. The highest BCUT2D eigenvalue weighted by Gasteiger charge is 2.06. The van der Waals surface area contributed by atoms with Gasteiger partial charge in [0.05, 0.1) is 6.54 Å². The average Bonchev–Trinajstić information content (AvgIpc) is 2.81. The lowest BCUT2D eigenvalue weighted by molar-refractivity contribution is 0.809. The van der Waals surface area contributed by atoms with Gasteiger partial charge in [0.1, 0.15) is 5.82 Å². The SMILES string of the molecule is CNCc1cc(C)nc(N(C)Cc2cccs2)c1. The quantitative estimate of drug-likeness (QED) is 0.897. The molecular weight excluding hydrogens is 242 g/mol. The predicted molar refractivity (Wildman–Crippen MR) is 78.2 cm³/mol. The van der Waals surface area contributed by atoms with E-state index >= 15 is 0 Å². The molecule has 0 aliphatic rings. The molecule has 0 saturated heterocycles. The van der Waals surface area contributed by atoms with Crippen molar-refractivity contribution in [1.82, 2.24) is 10.3 Å². The van der Waals surface area contributed by atoms with Gasteiger partial charge in [-0.25, -0.2) is 4.98 Å². The zero-order valence-electron chi connectivity index (χ0n) is 11.1. The average molecular weight is 261 g/mol. The first kappa shape index (κ1) is 13.1. The van der Waals surface area contributed by atoms with Crippen molar-refractivity contribution in [2.75, 3.05) is 19.0 Å². The molecule has 2 heterocycles. The molecule has 0 unspecified atom stereocenters. The van der Waals surface area contributed by atoms with Crippen LogP contribution in [0.1, 0.15) is 16.1 Å². The van der Waals surface area contributed by atoms with Gasteiger partial charge in [0.15, 0.2) is 0 Å². The number of rotatable bonds is 5. The molecule has 18 heavy (non-hydrogen) atoms. The summed E-state index contributed by atoms with van der Waals surface area (Å²) in [5.74, 6) is 1.04. The minimum atomic E-state index is 0.878. The van der Waals surface area contributed by atoms with Crippen LogP contribution in [-0.4, -0.2) is 19.1 Å². The normalized spacial score (nSPS) is 10.6. The second-order valence-electron chi connectivity index (χ2n) is 4.44. The molecule has 0 aromatic carbocycles. The molecule has 1 N–H and O–H groups in total. The fraction of sp³-hybridized carbons (Fsp3) is 0.357. The summed E-state index contributed by atoms with van der Waals surface area (Å²) in [5, 5.41) is 5.29. The van der Waals surface area contributed by atoms with Crippen molar-refractivity contribution >= 4 is 17.2 Å². The standard InChI is InChI=1S/C14H19N3S/c1-11-7-12(9-15-2)8-14(16-11)17(3)10-13-5-4-6-18-13/h4-8,15H,9-10H2,1-3H3. The fourth-order valence-corrected chi connectivity index (χ4v) is 2.70. The van der Waals surface area contributed by atoms with E-state index in [0.717, 1.165) is 24.6 Å². The molecule has 0 aliphatic carbocycles. The Morgan fingerprint density at radius 3 is 2.89 bits per heavy atom. The molecule has 0 saturated carbocycles. The van der Waals surface area contributed by atoms with Crippen LogP contribution in [0, 0.1) is 6.92 Å². The molecule has 0 radical (unpaired) electrons. The van der Waals surface area contributed by atoms with E-state index in [-0.39, 0.29) is 0 Å². The number of aromatic nitrogens is 1. The van der Waals surface area contributed by atoms with E-state index in [1.165, 1.54) is 10.4 Å². The number of thiophene rings is 1. The van der Waals surface area contributed by atoms with Crippen LogP contribution in [0.2, 0.25) is 0 Å². The Balaban J connectivity index is 2.16. The number of anilines is 1. The van der Waals surface area contributed by atoms with Crippen LogP contribution < -0.4 is 10.2 Å². The second-order valence-corrected chi connectivity index (χ2v) is 5.47. The molecule has 0 bridgehead atoms. The van der Waals surface area contributed by atoms with Crippen molar-refractivity contribution < 1.29 is 0 Å². The van der Waals surface area contributed by atoms with Crippen LogP contribution in [0.3, 0.4) is 0 Å². The zero-order chi connectivity index (χ0) is 13.0. The summed E-state index contributed by atoms with van der Waals surface area (Å²) in [5.41, 5.74) is 2.34. The van der Waals surface area contributed by atoms with Crippen LogP contribution in [0.5, 0.6) is 0 Å². The summed E-state index contributed by atoms with van der Waals surface area (Å²) in [7, 11) is 4.05. The van der Waals surface area contributed by atoms with Gasteiger partial charge in [-0.2, -0.15) is 0 Å². The van der Waals surface area contributed by atoms with Crippen molar-refractivity contribution in [3.05, 3.63) is 45.8 Å². The number of pyridine rings is 1. The summed E-state index contributed by atoms with van der Waals surface area (Å²) in [6.07, 6.45) is 0. The number of nitrogens with one attached hydrogen (secondary N) is 1. The lowest BCUT2D eigenvalue weighted by Gasteiger charge is -2.18. The molecular formula is C14H19N3S. The molecule has 0 aliphatic heterocycles. The van der Waals surface area contributed by atoms with Crippen molar-refractivity contribution in [3.8, 4) is 0 Å². The van der Waals surface area contributed by atoms with Gasteiger partial charge in [-0.15, -0.1) is 11.3 Å². The summed E-state index contributed by atoms with van der Waals surface area (Å²) >= 11 is 1.78. The molecule has 2 aromatic heterocycles. The molecule has 2 rings (SSSR count). The number of hydrogen-bond donors (Lipinski definition) is 1. The van der Waals surface area contributed by atoms with Gasteiger partial charge in [-0.3, -0.25) is 0 Å². The van der Waals surface area contributed by atoms with Crippen LogP contribution in [0.15, 0.2) is 29.6 Å². The Hall–Kier alpha value is -1.39. The van der Waals surface area contributed by atoms with Crippen LogP contribution in [0.4, 0.5) is 5.82 Å². The minimum Gasteiger partial charge on any atom is -0.355 e. The molecule has 4 heteroatoms. The summed E-state index contributed by atoms with van der Waals surface area (Å²) in [6.45, 7) is 3.83. The Labute approximate surface area is 112 Å². The van der Waals surface area contributed by atoms with E-state index in [2.05, 4.69) is 51.9 Å². The van der Waals surface area contributed by atoms with Gasteiger partial charge < -0.3 is 10.2 Å². The molecule has 2 aromatic rings. The maximum absolute atomic E-state index is 4.60. The van der Waals surface area contributed by atoms with Crippen molar-refractivity contribution in [3.63, 3.8) is 0 Å². The maximum atomic E-state index is 4.60. The summed E-state index contributed by atoms with van der Waals surface area (Å²) in [4.78, 5) is 8.15. The van der Waals surface area contributed by atoms with Crippen molar-refractivity contribution in [2.45, 2.75) is 20.0 Å². The zero-order valence-corrected chi connectivity index (χ0v) is 11.9. The third-order valence-electron chi connectivity index (χ3n) is 2.74. The van der Waals surface area contributed by atoms with Gasteiger partial charge in [-0.1, -0.05) is 6.07 Å². The van der Waals surface area contributed by atoms with Crippen molar-refractivity contribution in [1.29, 1.82) is 0 Å². The smallest absolute Gasteiger partial charge is 0.129 e. The van der Waals surface area contributed by atoms with Crippen molar-refractivity contribution in [2.24, 2.45) is 0 Å². The molecule has 0 amide bonds. The molecule has 0 spiro atoms. The van der Waals surface area contributed by atoms with Gasteiger partial charge in [0.25, 0.3) is 0 Å². The Kier molecular flexibility index (Phi) is 4.33. The third kappa shape index (κ3) is 3.31. The lowest BCUT2D eigenvalue weighted by Crippen LogP contribution is -2.18. The molecule has 3 nitrogen and oxygen atoms in total. The Morgan fingerprint density at radius 1 is 1.39 bits per heavy atom. The highest BCUT2D eigenvalue weighted by Crippen LogP contribution is 2.18. The number of aryl methyl sites for hydroxylation is 1. The Morgan fingerprint density at radius 2 is 2.22 bits per heavy atom. The van der Waals surface area contributed by atoms with E-state index in [0.29, 0.717) is 0 Å². The van der Waals surface area contributed by atoms with E-state index in [1.54, 1.807) is 11.3 Å². The van der Waals surface area contributed by atoms with E-state index < -0.39 is 0 Å². The first-order chi connectivity index (χ1) is 8.69. The van der Waals surface area contributed by atoms with Gasteiger partial charge in [0.2, 0.25) is 0 Å². The monoisotopic (exact) mass is 261 g/mol. The lowest BCUT2D eigenvalue weighted by atomic mass is 10.2. The third-order valence-corrected chi connectivity index (χ3v) is 3.61. The first-order valence-corrected chi connectivity index (χ1v) is 6.92. The topological polar surface area (TPSA) is 28.2 Å². The summed E-state index contributed by atoms with van der Waals surface area (Å²) in [6, 6.07) is 8.52. The number of hydrogen-bond acceptors (Lipinski definition) is 4. The van der Waals surface area contributed by atoms with Crippen LogP contribution in [-0.2, 0) is 13.1 Å². The van der Waals surface area contributed by atoms with Gasteiger partial charge in [0, 0.05) is 24.2 Å². The van der Waals surface area contributed by atoms with Gasteiger partial charge in [-0.05, 0) is 43.1 Å².